The highest BCUT2D eigenvalue weighted by molar-refractivity contribution is 5.74. The average Bonchev–Trinajstić information content (AvgIpc) is 1.73. The van der Waals surface area contributed by atoms with E-state index >= 15 is 0 Å². The Morgan fingerprint density at radius 1 is 1.36 bits per heavy atom. The van der Waals surface area contributed by atoms with Crippen LogP contribution < -0.4 is 0 Å². The molecule has 1 N–H and O–H groups in total. The van der Waals surface area contributed by atoms with Crippen LogP contribution >= 0.6 is 0 Å². The van der Waals surface area contributed by atoms with Crippen molar-refractivity contribution >= 4 is 5.97 Å². The van der Waals surface area contributed by atoms with Crippen LogP contribution in [-0.4, -0.2) is 34.6 Å². The zero-order valence-electron chi connectivity index (χ0n) is 6.49. The zero-order chi connectivity index (χ0) is 7.84. The van der Waals surface area contributed by atoms with E-state index < -0.39 is 5.97 Å². The van der Waals surface area contributed by atoms with Crippen molar-refractivity contribution in [2.45, 2.75) is 37.8 Å². The average molecular weight is 155 g/mol. The molecule has 1 heterocycles. The predicted octanol–water partition coefficient (Wildman–Crippen LogP) is 0.698. The maximum absolute atomic E-state index is 10.6. The maximum Gasteiger partial charge on any atom is 0.320 e. The number of hydrogen-bond acceptors (Lipinski definition) is 2. The number of carboxylic acids is 1. The van der Waals surface area contributed by atoms with Gasteiger partial charge in [-0.2, -0.15) is 0 Å². The van der Waals surface area contributed by atoms with Crippen molar-refractivity contribution < 1.29 is 9.90 Å². The number of hydrogen-bond donors (Lipinski definition) is 1. The molecule has 1 unspecified atom stereocenters. The van der Waals surface area contributed by atoms with Crippen LogP contribution in [0.2, 0.25) is 0 Å². The Kier molecular flexibility index (Phi) is 1.60. The number of carboxylic acid groups (broad SMARTS) is 1. The third-order valence-corrected chi connectivity index (χ3v) is 2.89. The fraction of sp³-hybridized carbons (Fsp3) is 0.875. The summed E-state index contributed by atoms with van der Waals surface area (Å²) in [5.74, 6) is -0.636. The lowest BCUT2D eigenvalue weighted by Gasteiger charge is -2.47. The van der Waals surface area contributed by atoms with Crippen LogP contribution in [0.3, 0.4) is 0 Å². The predicted molar refractivity (Wildman–Crippen MR) is 40.4 cm³/mol. The van der Waals surface area contributed by atoms with Gasteiger partial charge in [-0.25, -0.2) is 0 Å². The molecule has 1 aliphatic heterocycles. The number of nitrogens with zero attached hydrogens (tertiary/aromatic N) is 1. The second-order valence-electron chi connectivity index (χ2n) is 3.47. The van der Waals surface area contributed by atoms with Crippen molar-refractivity contribution in [3.05, 3.63) is 0 Å². The molecule has 1 aliphatic carbocycles. The number of rotatable bonds is 2. The Balaban J connectivity index is 1.89. The summed E-state index contributed by atoms with van der Waals surface area (Å²) in [5, 5.41) is 8.73. The standard InChI is InChI=1S/C8H13NO2/c10-8(11)7-4-5-9(7)6-2-1-3-6/h6-7H,1-5H2,(H,10,11). The first-order valence-corrected chi connectivity index (χ1v) is 4.27. The van der Waals surface area contributed by atoms with E-state index in [-0.39, 0.29) is 6.04 Å². The largest absolute Gasteiger partial charge is 0.480 e. The van der Waals surface area contributed by atoms with Crippen molar-refractivity contribution in [1.29, 1.82) is 0 Å². The summed E-state index contributed by atoms with van der Waals surface area (Å²) in [6.45, 7) is 1.00. The smallest absolute Gasteiger partial charge is 0.320 e. The second-order valence-corrected chi connectivity index (χ2v) is 3.47. The fourth-order valence-corrected chi connectivity index (χ4v) is 1.83. The molecule has 2 aliphatic rings. The number of aliphatic carboxylic acids is 1. The lowest BCUT2D eigenvalue weighted by Crippen LogP contribution is -2.58. The first-order valence-electron chi connectivity index (χ1n) is 4.27. The van der Waals surface area contributed by atoms with Gasteiger partial charge in [0.2, 0.25) is 0 Å². The zero-order valence-corrected chi connectivity index (χ0v) is 6.49. The van der Waals surface area contributed by atoms with E-state index in [0.717, 1.165) is 13.0 Å². The van der Waals surface area contributed by atoms with Gasteiger partial charge in [-0.1, -0.05) is 6.42 Å². The summed E-state index contributed by atoms with van der Waals surface area (Å²) in [6, 6.07) is 0.449. The summed E-state index contributed by atoms with van der Waals surface area (Å²) >= 11 is 0. The Hall–Kier alpha value is -0.570. The maximum atomic E-state index is 10.6. The summed E-state index contributed by atoms with van der Waals surface area (Å²) < 4.78 is 0. The van der Waals surface area contributed by atoms with Crippen LogP contribution in [0.1, 0.15) is 25.7 Å². The van der Waals surface area contributed by atoms with E-state index in [9.17, 15) is 4.79 Å². The third kappa shape index (κ3) is 1.03. The van der Waals surface area contributed by atoms with E-state index in [1.54, 1.807) is 0 Å². The fourth-order valence-electron chi connectivity index (χ4n) is 1.83. The van der Waals surface area contributed by atoms with Gasteiger partial charge in [0.25, 0.3) is 0 Å². The molecule has 0 aromatic heterocycles. The van der Waals surface area contributed by atoms with Crippen molar-refractivity contribution in [2.24, 2.45) is 0 Å². The molecule has 3 nitrogen and oxygen atoms in total. The molecule has 1 saturated carbocycles. The summed E-state index contributed by atoms with van der Waals surface area (Å²) in [4.78, 5) is 12.7. The minimum atomic E-state index is -0.636. The minimum absolute atomic E-state index is 0.153. The molecule has 1 atom stereocenters. The van der Waals surface area contributed by atoms with Gasteiger partial charge in [-0.05, 0) is 19.3 Å². The van der Waals surface area contributed by atoms with Gasteiger partial charge in [0.05, 0.1) is 0 Å². The van der Waals surface area contributed by atoms with Gasteiger partial charge >= 0.3 is 5.97 Å². The lowest BCUT2D eigenvalue weighted by atomic mass is 9.86. The molecule has 62 valence electrons. The van der Waals surface area contributed by atoms with E-state index in [2.05, 4.69) is 4.90 Å². The van der Waals surface area contributed by atoms with Gasteiger partial charge in [-0.15, -0.1) is 0 Å². The molecule has 2 rings (SSSR count). The highest BCUT2D eigenvalue weighted by Gasteiger charge is 2.40. The molecule has 2 fully saturated rings. The Morgan fingerprint density at radius 3 is 2.36 bits per heavy atom. The van der Waals surface area contributed by atoms with Gasteiger partial charge in [-0.3, -0.25) is 9.69 Å². The molecule has 1 saturated heterocycles. The van der Waals surface area contributed by atoms with Crippen LogP contribution in [-0.2, 0) is 4.79 Å². The molecular formula is C8H13NO2. The monoisotopic (exact) mass is 155 g/mol. The SMILES string of the molecule is O=C(O)C1CCN1C1CCC1. The lowest BCUT2D eigenvalue weighted by molar-refractivity contribution is -0.151. The van der Waals surface area contributed by atoms with Crippen molar-refractivity contribution in [2.75, 3.05) is 6.54 Å². The molecule has 0 spiro atoms. The molecule has 3 heteroatoms. The molecule has 11 heavy (non-hydrogen) atoms. The van der Waals surface area contributed by atoms with Crippen molar-refractivity contribution in [3.8, 4) is 0 Å². The normalized spacial score (nSPS) is 32.5. The van der Waals surface area contributed by atoms with Gasteiger partial charge < -0.3 is 5.11 Å². The van der Waals surface area contributed by atoms with Crippen LogP contribution in [0.25, 0.3) is 0 Å². The van der Waals surface area contributed by atoms with E-state index in [1.807, 2.05) is 0 Å². The van der Waals surface area contributed by atoms with Gasteiger partial charge in [0, 0.05) is 12.6 Å². The second kappa shape index (κ2) is 2.48. The summed E-state index contributed by atoms with van der Waals surface area (Å²) in [5.41, 5.74) is 0. The van der Waals surface area contributed by atoms with E-state index in [1.165, 1.54) is 19.3 Å². The first-order chi connectivity index (χ1) is 5.29. The van der Waals surface area contributed by atoms with Crippen LogP contribution in [0.15, 0.2) is 0 Å². The van der Waals surface area contributed by atoms with Crippen molar-refractivity contribution in [3.63, 3.8) is 0 Å². The Labute approximate surface area is 66.0 Å². The number of likely N-dealkylation sites (tertiary alicyclic amines) is 1. The molecule has 0 amide bonds. The van der Waals surface area contributed by atoms with Crippen LogP contribution in [0.5, 0.6) is 0 Å². The van der Waals surface area contributed by atoms with Crippen LogP contribution in [0, 0.1) is 0 Å². The molecule has 0 bridgehead atoms. The quantitative estimate of drug-likeness (QED) is 0.638. The topological polar surface area (TPSA) is 40.5 Å². The Morgan fingerprint density at radius 2 is 2.09 bits per heavy atom. The van der Waals surface area contributed by atoms with E-state index in [4.69, 9.17) is 5.11 Å². The Bertz CT molecular complexity index is 177. The number of carbonyl (C=O) groups is 1. The molecule has 0 aromatic rings. The van der Waals surface area contributed by atoms with Crippen molar-refractivity contribution in [1.82, 2.24) is 4.90 Å². The van der Waals surface area contributed by atoms with Gasteiger partial charge in [0.15, 0.2) is 0 Å². The first kappa shape index (κ1) is 7.10. The molecule has 0 radical (unpaired) electrons. The summed E-state index contributed by atoms with van der Waals surface area (Å²) in [7, 11) is 0. The summed E-state index contributed by atoms with van der Waals surface area (Å²) in [6.07, 6.45) is 4.56. The molecular weight excluding hydrogens is 142 g/mol. The van der Waals surface area contributed by atoms with E-state index in [0.29, 0.717) is 6.04 Å². The highest BCUT2D eigenvalue weighted by atomic mass is 16.4. The minimum Gasteiger partial charge on any atom is -0.480 e. The highest BCUT2D eigenvalue weighted by Crippen LogP contribution is 2.32. The third-order valence-electron chi connectivity index (χ3n) is 2.89. The van der Waals surface area contributed by atoms with Crippen LogP contribution in [0.4, 0.5) is 0 Å². The molecule has 0 aromatic carbocycles. The van der Waals surface area contributed by atoms with Gasteiger partial charge in [0.1, 0.15) is 6.04 Å².